The Kier molecular flexibility index (Phi) is 9.28. The molecule has 0 saturated carbocycles. The highest BCUT2D eigenvalue weighted by Crippen LogP contribution is 2.46. The van der Waals surface area contributed by atoms with Crippen molar-refractivity contribution in [1.82, 2.24) is 19.9 Å². The van der Waals surface area contributed by atoms with Crippen molar-refractivity contribution in [2.75, 3.05) is 0 Å². The lowest BCUT2D eigenvalue weighted by atomic mass is 9.85. The van der Waals surface area contributed by atoms with Gasteiger partial charge in [-0.3, -0.25) is 9.97 Å². The second-order valence-electron chi connectivity index (χ2n) is 12.3. The molecule has 0 aliphatic heterocycles. The second kappa shape index (κ2) is 14.1. The average molecular weight is 677 g/mol. The van der Waals surface area contributed by atoms with Crippen LogP contribution in [0.15, 0.2) is 134 Å². The topological polar surface area (TPSA) is 51.6 Å². The van der Waals surface area contributed by atoms with Crippen LogP contribution >= 0.6 is 0 Å². The molecule has 0 spiro atoms. The van der Waals surface area contributed by atoms with Crippen LogP contribution in [0.25, 0.3) is 67.5 Å². The van der Waals surface area contributed by atoms with E-state index in [1.807, 2.05) is 104 Å². The number of alkyl halides is 3. The fourth-order valence-corrected chi connectivity index (χ4v) is 6.65. The molecule has 0 N–H and O–H groups in total. The van der Waals surface area contributed by atoms with Crippen LogP contribution in [0.3, 0.4) is 0 Å². The quantitative estimate of drug-likeness (QED) is 0.161. The van der Waals surface area contributed by atoms with E-state index in [0.717, 1.165) is 58.1 Å². The third kappa shape index (κ3) is 6.67. The molecule has 0 radical (unpaired) electrons. The molecule has 0 saturated heterocycles. The number of pyridine rings is 4. The van der Waals surface area contributed by atoms with Gasteiger partial charge in [0.05, 0.1) is 39.7 Å². The first-order valence-electron chi connectivity index (χ1n) is 17.0. The van der Waals surface area contributed by atoms with Crippen LogP contribution in [0.5, 0.6) is 0 Å². The molecule has 7 aromatic rings. The minimum Gasteiger partial charge on any atom is -0.254 e. The summed E-state index contributed by atoms with van der Waals surface area (Å²) in [4.78, 5) is 19.5. The van der Waals surface area contributed by atoms with Gasteiger partial charge in [-0.2, -0.15) is 13.2 Å². The maximum Gasteiger partial charge on any atom is 0.417 e. The zero-order valence-electron chi connectivity index (χ0n) is 28.5. The lowest BCUT2D eigenvalue weighted by Gasteiger charge is -2.21. The Labute approximate surface area is 295 Å². The van der Waals surface area contributed by atoms with E-state index >= 15 is 0 Å². The molecule has 0 fully saturated rings. The van der Waals surface area contributed by atoms with Gasteiger partial charge < -0.3 is 0 Å². The Morgan fingerprint density at radius 3 is 1.45 bits per heavy atom. The molecule has 0 unspecified atom stereocenters. The van der Waals surface area contributed by atoms with Crippen molar-refractivity contribution in [2.45, 2.75) is 39.8 Å². The number of aromatic nitrogens is 4. The smallest absolute Gasteiger partial charge is 0.254 e. The van der Waals surface area contributed by atoms with Crippen LogP contribution in [0, 0.1) is 6.92 Å². The first kappa shape index (κ1) is 33.5. The average Bonchev–Trinajstić information content (AvgIpc) is 3.17. The number of nitrogens with zero attached hydrogens (tertiary/aromatic N) is 4. The van der Waals surface area contributed by atoms with Crippen LogP contribution in [0.4, 0.5) is 13.2 Å². The zero-order valence-corrected chi connectivity index (χ0v) is 28.5. The monoisotopic (exact) mass is 676 g/mol. The highest BCUT2D eigenvalue weighted by Gasteiger charge is 2.34. The summed E-state index contributed by atoms with van der Waals surface area (Å²) in [5.41, 5.74) is 9.92. The summed E-state index contributed by atoms with van der Waals surface area (Å²) >= 11 is 0. The van der Waals surface area contributed by atoms with Crippen molar-refractivity contribution in [3.8, 4) is 67.5 Å². The van der Waals surface area contributed by atoms with Crippen molar-refractivity contribution in [2.24, 2.45) is 0 Å². The van der Waals surface area contributed by atoms with E-state index in [1.165, 1.54) is 12.1 Å². The molecular formula is C44H35F3N4. The predicted octanol–water partition coefficient (Wildman–Crippen LogP) is 11.7. The van der Waals surface area contributed by atoms with Gasteiger partial charge in [-0.1, -0.05) is 80.6 Å². The standard InChI is InChI=1S/C44H35F3N4/c1-4-29-15-12-24-48-42(29)40-22-10-20-38(50-40)35-27-34(32-18-8-9-19-37(32)44(45,46)47)36(26-33(35)31-17-7-6-14-28(31)3)39-21-11-23-41(51-39)43-30(5-2)16-13-25-49-43/h6-27H,4-5H2,1-3H3. The van der Waals surface area contributed by atoms with Gasteiger partial charge >= 0.3 is 6.18 Å². The normalized spacial score (nSPS) is 11.5. The molecule has 4 aromatic heterocycles. The molecule has 0 bridgehead atoms. The second-order valence-corrected chi connectivity index (χ2v) is 12.3. The minimum absolute atomic E-state index is 0.0611. The summed E-state index contributed by atoms with van der Waals surface area (Å²) in [6.07, 6.45) is 0.429. The van der Waals surface area contributed by atoms with Crippen LogP contribution in [-0.4, -0.2) is 19.9 Å². The van der Waals surface area contributed by atoms with Crippen LogP contribution in [0.1, 0.15) is 36.1 Å². The third-order valence-electron chi connectivity index (χ3n) is 9.20. The molecule has 0 atom stereocenters. The van der Waals surface area contributed by atoms with Gasteiger partial charge in [-0.25, -0.2) is 9.97 Å². The summed E-state index contributed by atoms with van der Waals surface area (Å²) in [7, 11) is 0. The van der Waals surface area contributed by atoms with Crippen molar-refractivity contribution in [3.63, 3.8) is 0 Å². The summed E-state index contributed by atoms with van der Waals surface area (Å²) in [6, 6.07) is 36.8. The first-order chi connectivity index (χ1) is 24.8. The van der Waals surface area contributed by atoms with Gasteiger partial charge in [0.1, 0.15) is 0 Å². The largest absolute Gasteiger partial charge is 0.417 e. The van der Waals surface area contributed by atoms with E-state index in [9.17, 15) is 13.2 Å². The number of hydrogen-bond donors (Lipinski definition) is 0. The lowest BCUT2D eigenvalue weighted by Crippen LogP contribution is -2.07. The highest BCUT2D eigenvalue weighted by molar-refractivity contribution is 5.95. The molecule has 0 amide bonds. The minimum atomic E-state index is -4.59. The maximum absolute atomic E-state index is 14.7. The van der Waals surface area contributed by atoms with Gasteiger partial charge in [-0.15, -0.1) is 0 Å². The fourth-order valence-electron chi connectivity index (χ4n) is 6.65. The molecule has 4 heterocycles. The molecule has 4 nitrogen and oxygen atoms in total. The molecule has 3 aromatic carbocycles. The molecule has 0 aliphatic rings. The maximum atomic E-state index is 14.7. The zero-order chi connectivity index (χ0) is 35.5. The van der Waals surface area contributed by atoms with Gasteiger partial charge in [0.25, 0.3) is 0 Å². The highest BCUT2D eigenvalue weighted by atomic mass is 19.4. The molecular weight excluding hydrogens is 642 g/mol. The summed E-state index contributed by atoms with van der Waals surface area (Å²) in [5, 5.41) is 0. The van der Waals surface area contributed by atoms with E-state index in [1.54, 1.807) is 18.5 Å². The number of aryl methyl sites for hydroxylation is 3. The van der Waals surface area contributed by atoms with E-state index in [4.69, 9.17) is 9.97 Å². The molecule has 252 valence electrons. The van der Waals surface area contributed by atoms with E-state index in [-0.39, 0.29) is 5.56 Å². The Hall–Kier alpha value is -5.95. The lowest BCUT2D eigenvalue weighted by molar-refractivity contribution is -0.137. The van der Waals surface area contributed by atoms with Crippen molar-refractivity contribution in [1.29, 1.82) is 0 Å². The summed E-state index contributed by atoms with van der Waals surface area (Å²) in [5.74, 6) is 0. The van der Waals surface area contributed by atoms with Crippen LogP contribution < -0.4 is 0 Å². The number of rotatable bonds is 8. The van der Waals surface area contributed by atoms with E-state index in [0.29, 0.717) is 39.5 Å². The Morgan fingerprint density at radius 1 is 0.471 bits per heavy atom. The first-order valence-corrected chi connectivity index (χ1v) is 17.0. The molecule has 0 aliphatic carbocycles. The number of benzene rings is 3. The van der Waals surface area contributed by atoms with E-state index < -0.39 is 11.7 Å². The molecule has 7 heteroatoms. The van der Waals surface area contributed by atoms with Gasteiger partial charge in [-0.05, 0) is 113 Å². The molecule has 7 rings (SSSR count). The van der Waals surface area contributed by atoms with Crippen LogP contribution in [-0.2, 0) is 19.0 Å². The van der Waals surface area contributed by atoms with Crippen molar-refractivity contribution < 1.29 is 13.2 Å². The molecule has 51 heavy (non-hydrogen) atoms. The van der Waals surface area contributed by atoms with Crippen molar-refractivity contribution in [3.05, 3.63) is 156 Å². The van der Waals surface area contributed by atoms with Gasteiger partial charge in [0.2, 0.25) is 0 Å². The third-order valence-corrected chi connectivity index (χ3v) is 9.20. The predicted molar refractivity (Wildman–Crippen MR) is 199 cm³/mol. The Bertz CT molecular complexity index is 2360. The Balaban J connectivity index is 1.55. The Morgan fingerprint density at radius 2 is 0.941 bits per heavy atom. The van der Waals surface area contributed by atoms with E-state index in [2.05, 4.69) is 23.8 Å². The number of hydrogen-bond acceptors (Lipinski definition) is 4. The van der Waals surface area contributed by atoms with Gasteiger partial charge in [0, 0.05) is 23.5 Å². The fraction of sp³-hybridized carbons (Fsp3) is 0.136. The van der Waals surface area contributed by atoms with Crippen molar-refractivity contribution >= 4 is 0 Å². The van der Waals surface area contributed by atoms with Gasteiger partial charge in [0.15, 0.2) is 0 Å². The SMILES string of the molecule is CCc1cccnc1-c1cccc(-c2cc(-c3ccccc3C(F)(F)F)c(-c3cccc(-c4ncccc4CC)n3)cc2-c2ccccc2C)n1. The van der Waals surface area contributed by atoms with Crippen LogP contribution in [0.2, 0.25) is 0 Å². The summed E-state index contributed by atoms with van der Waals surface area (Å²) in [6.45, 7) is 6.16. The summed E-state index contributed by atoms with van der Waals surface area (Å²) < 4.78 is 44.2. The number of halogens is 3.